The average molecular weight is 238 g/mol. The van der Waals surface area contributed by atoms with E-state index in [4.69, 9.17) is 5.11 Å². The van der Waals surface area contributed by atoms with E-state index in [1.165, 1.54) is 19.1 Å². The Balaban J connectivity index is 0.000000366. The summed E-state index contributed by atoms with van der Waals surface area (Å²) in [5.74, 6) is 0.0785. The minimum Gasteiger partial charge on any atom is -0.508 e. The Labute approximate surface area is 98.7 Å². The molecule has 0 spiro atoms. The smallest absolute Gasteiger partial charge is 0.409 e. The molecule has 92 valence electrons. The molecule has 0 saturated heterocycles. The number of benzene rings is 1. The van der Waals surface area contributed by atoms with Crippen LogP contribution in [0.1, 0.15) is 6.92 Å². The number of aromatic hydroxyl groups is 1. The van der Waals surface area contributed by atoms with Crippen LogP contribution in [0.2, 0.25) is 0 Å². The highest BCUT2D eigenvalue weighted by Crippen LogP contribution is 2.13. The number of ether oxygens (including phenoxy) is 1. The fourth-order valence-corrected chi connectivity index (χ4v) is 0.830. The number of phenolic OH excluding ortho intramolecular Hbond substituents is 1. The summed E-state index contributed by atoms with van der Waals surface area (Å²) >= 11 is 0. The van der Waals surface area contributed by atoms with E-state index in [0.29, 0.717) is 5.69 Å². The van der Waals surface area contributed by atoms with Gasteiger partial charge in [-0.3, -0.25) is 4.79 Å². The van der Waals surface area contributed by atoms with Gasteiger partial charge >= 0.3 is 6.09 Å². The van der Waals surface area contributed by atoms with E-state index in [1.807, 2.05) is 0 Å². The van der Waals surface area contributed by atoms with Gasteiger partial charge < -0.3 is 20.9 Å². The second-order valence-corrected chi connectivity index (χ2v) is 2.83. The van der Waals surface area contributed by atoms with Crippen molar-refractivity contribution in [3.05, 3.63) is 37.1 Å². The SMILES string of the molecule is C=COC(N)=O.CC(=O)Nc1ccc(O)cc1. The summed E-state index contributed by atoms with van der Waals surface area (Å²) in [6.07, 6.45) is 0.146. The molecule has 4 N–H and O–H groups in total. The number of hydrogen-bond donors (Lipinski definition) is 3. The molecule has 1 aromatic rings. The predicted molar refractivity (Wildman–Crippen MR) is 63.3 cm³/mol. The highest BCUT2D eigenvalue weighted by atomic mass is 16.5. The van der Waals surface area contributed by atoms with Gasteiger partial charge in [-0.2, -0.15) is 0 Å². The van der Waals surface area contributed by atoms with Gasteiger partial charge in [-0.05, 0) is 24.3 Å². The molecule has 6 nitrogen and oxygen atoms in total. The van der Waals surface area contributed by atoms with Gasteiger partial charge in [0.2, 0.25) is 5.91 Å². The lowest BCUT2D eigenvalue weighted by Gasteiger charge is -1.99. The summed E-state index contributed by atoms with van der Waals surface area (Å²) in [6.45, 7) is 4.52. The van der Waals surface area contributed by atoms with Gasteiger partial charge in [0, 0.05) is 12.6 Å². The van der Waals surface area contributed by atoms with Gasteiger partial charge in [-0.1, -0.05) is 6.58 Å². The number of anilines is 1. The van der Waals surface area contributed by atoms with Crippen molar-refractivity contribution >= 4 is 17.7 Å². The van der Waals surface area contributed by atoms with Crippen molar-refractivity contribution in [1.82, 2.24) is 0 Å². The Bertz CT molecular complexity index is 387. The van der Waals surface area contributed by atoms with Crippen molar-refractivity contribution in [3.63, 3.8) is 0 Å². The van der Waals surface area contributed by atoms with Gasteiger partial charge in [0.25, 0.3) is 0 Å². The number of nitrogens with two attached hydrogens (primary N) is 1. The maximum atomic E-state index is 10.5. The van der Waals surface area contributed by atoms with Crippen LogP contribution in [-0.2, 0) is 9.53 Å². The van der Waals surface area contributed by atoms with E-state index in [2.05, 4.69) is 22.4 Å². The van der Waals surface area contributed by atoms with Crippen LogP contribution in [0.4, 0.5) is 10.5 Å². The number of rotatable bonds is 2. The molecule has 0 unspecified atom stereocenters. The van der Waals surface area contributed by atoms with Crippen LogP contribution < -0.4 is 11.1 Å². The molecule has 0 fully saturated rings. The van der Waals surface area contributed by atoms with Crippen molar-refractivity contribution in [3.8, 4) is 5.75 Å². The Morgan fingerprint density at radius 2 is 1.94 bits per heavy atom. The standard InChI is InChI=1S/C8H9NO2.C3H5NO2/c1-6(10)9-7-2-4-8(11)5-3-7;1-2-6-3(4)5/h2-5,11H,1H3,(H,9,10);2H,1H2,(H2,4,5). The molecule has 1 aromatic carbocycles. The molecule has 0 aromatic heterocycles. The topological polar surface area (TPSA) is 102 Å². The first-order valence-corrected chi connectivity index (χ1v) is 4.59. The molecule has 0 heterocycles. The molecule has 0 saturated carbocycles. The maximum Gasteiger partial charge on any atom is 0.409 e. The molecule has 1 rings (SSSR count). The van der Waals surface area contributed by atoms with Crippen molar-refractivity contribution in [1.29, 1.82) is 0 Å². The molecule has 0 aliphatic heterocycles. The number of primary amides is 1. The van der Waals surface area contributed by atoms with E-state index in [-0.39, 0.29) is 11.7 Å². The third-order valence-corrected chi connectivity index (χ3v) is 1.39. The molecule has 0 aliphatic carbocycles. The average Bonchev–Trinajstić information content (AvgIpc) is 2.21. The lowest BCUT2D eigenvalue weighted by molar-refractivity contribution is -0.114. The summed E-state index contributed by atoms with van der Waals surface area (Å²) in [7, 11) is 0. The quantitative estimate of drug-likeness (QED) is 0.537. The van der Waals surface area contributed by atoms with Crippen molar-refractivity contribution in [2.75, 3.05) is 5.32 Å². The van der Waals surface area contributed by atoms with E-state index < -0.39 is 6.09 Å². The van der Waals surface area contributed by atoms with Crippen LogP contribution in [0.3, 0.4) is 0 Å². The number of amides is 2. The third-order valence-electron chi connectivity index (χ3n) is 1.39. The van der Waals surface area contributed by atoms with Crippen LogP contribution in [-0.4, -0.2) is 17.1 Å². The monoisotopic (exact) mass is 238 g/mol. The summed E-state index contributed by atoms with van der Waals surface area (Å²) in [4.78, 5) is 20.1. The van der Waals surface area contributed by atoms with E-state index in [0.717, 1.165) is 6.26 Å². The Morgan fingerprint density at radius 3 is 2.24 bits per heavy atom. The second kappa shape index (κ2) is 7.75. The molecule has 17 heavy (non-hydrogen) atoms. The highest BCUT2D eigenvalue weighted by molar-refractivity contribution is 5.88. The van der Waals surface area contributed by atoms with Crippen molar-refractivity contribution < 1.29 is 19.4 Å². The number of carbonyl (C=O) groups excluding carboxylic acids is 2. The first kappa shape index (κ1) is 14.5. The maximum absolute atomic E-state index is 10.5. The Hall–Kier alpha value is -2.50. The minimum atomic E-state index is -0.829. The lowest BCUT2D eigenvalue weighted by Crippen LogP contribution is -2.08. The first-order valence-electron chi connectivity index (χ1n) is 4.59. The molecule has 0 radical (unpaired) electrons. The predicted octanol–water partition coefficient (Wildman–Crippen LogP) is 1.58. The summed E-state index contributed by atoms with van der Waals surface area (Å²) in [5.41, 5.74) is 5.16. The molecule has 0 aliphatic rings. The summed E-state index contributed by atoms with van der Waals surface area (Å²) in [6, 6.07) is 6.31. The largest absolute Gasteiger partial charge is 0.508 e. The Morgan fingerprint density at radius 1 is 1.41 bits per heavy atom. The summed E-state index contributed by atoms with van der Waals surface area (Å²) < 4.78 is 3.94. The zero-order valence-corrected chi connectivity index (χ0v) is 9.34. The number of nitrogens with one attached hydrogen (secondary N) is 1. The van der Waals surface area contributed by atoms with Crippen molar-refractivity contribution in [2.45, 2.75) is 6.92 Å². The number of hydrogen-bond acceptors (Lipinski definition) is 4. The number of carbonyl (C=O) groups is 2. The van der Waals surface area contributed by atoms with Crippen LogP contribution in [0.25, 0.3) is 0 Å². The van der Waals surface area contributed by atoms with Crippen LogP contribution in [0.15, 0.2) is 37.1 Å². The van der Waals surface area contributed by atoms with Gasteiger partial charge in [0.15, 0.2) is 0 Å². The van der Waals surface area contributed by atoms with Crippen molar-refractivity contribution in [2.24, 2.45) is 5.73 Å². The zero-order valence-electron chi connectivity index (χ0n) is 9.34. The van der Waals surface area contributed by atoms with E-state index in [9.17, 15) is 9.59 Å². The molecule has 0 atom stereocenters. The summed E-state index contributed by atoms with van der Waals surface area (Å²) in [5, 5.41) is 11.5. The first-order chi connectivity index (χ1) is 7.95. The van der Waals surface area contributed by atoms with Gasteiger partial charge in [-0.25, -0.2) is 4.79 Å². The molecule has 2 amide bonds. The molecular weight excluding hydrogens is 224 g/mol. The molecular formula is C11H14N2O4. The normalized spacial score (nSPS) is 8.29. The zero-order chi connectivity index (χ0) is 13.3. The second-order valence-electron chi connectivity index (χ2n) is 2.83. The number of phenols is 1. The van der Waals surface area contributed by atoms with Crippen LogP contribution >= 0.6 is 0 Å². The van der Waals surface area contributed by atoms with Gasteiger partial charge in [0.05, 0.1) is 6.26 Å². The lowest BCUT2D eigenvalue weighted by atomic mass is 10.3. The fraction of sp³-hybridized carbons (Fsp3) is 0.0909. The van der Waals surface area contributed by atoms with Crippen LogP contribution in [0.5, 0.6) is 5.75 Å². The highest BCUT2D eigenvalue weighted by Gasteiger charge is 1.93. The van der Waals surface area contributed by atoms with Crippen LogP contribution in [0, 0.1) is 0 Å². The third kappa shape index (κ3) is 8.49. The van der Waals surface area contributed by atoms with E-state index >= 15 is 0 Å². The minimum absolute atomic E-state index is 0.115. The van der Waals surface area contributed by atoms with Gasteiger partial charge in [-0.15, -0.1) is 0 Å². The van der Waals surface area contributed by atoms with E-state index in [1.54, 1.807) is 12.1 Å². The molecule has 6 heteroatoms. The fourth-order valence-electron chi connectivity index (χ4n) is 0.830. The Kier molecular flexibility index (Phi) is 6.61. The molecule has 0 bridgehead atoms. The van der Waals surface area contributed by atoms with Gasteiger partial charge in [0.1, 0.15) is 5.75 Å².